The molecular weight excluding hydrogens is 245 g/mol. The van der Waals surface area contributed by atoms with E-state index in [4.69, 9.17) is 0 Å². The number of hydrogen-bond donors (Lipinski definition) is 1. The lowest BCUT2D eigenvalue weighted by atomic mass is 10.3. The molecule has 1 N–H and O–H groups in total. The number of alkyl halides is 2. The Labute approximate surface area is 101 Å². The third kappa shape index (κ3) is 3.13. The van der Waals surface area contributed by atoms with Crippen molar-refractivity contribution in [2.45, 2.75) is 6.61 Å². The first-order valence-electron chi connectivity index (χ1n) is 5.08. The summed E-state index contributed by atoms with van der Waals surface area (Å²) < 4.78 is 41.6. The molecule has 0 aliphatic rings. The summed E-state index contributed by atoms with van der Waals surface area (Å²) >= 11 is 0. The molecule has 18 heavy (non-hydrogen) atoms. The van der Waals surface area contributed by atoms with Crippen molar-refractivity contribution < 1.29 is 17.9 Å². The van der Waals surface area contributed by atoms with Gasteiger partial charge in [-0.2, -0.15) is 13.2 Å². The van der Waals surface area contributed by atoms with Gasteiger partial charge in [-0.1, -0.05) is 18.2 Å². The Hall–Kier alpha value is -2.24. The number of halogens is 3. The summed E-state index contributed by atoms with van der Waals surface area (Å²) in [5.74, 6) is -0.480. The van der Waals surface area contributed by atoms with Crippen molar-refractivity contribution in [2.24, 2.45) is 0 Å². The summed E-state index contributed by atoms with van der Waals surface area (Å²) in [6, 6.07) is 10.3. The molecule has 6 heteroatoms. The van der Waals surface area contributed by atoms with Gasteiger partial charge in [-0.3, -0.25) is 0 Å². The van der Waals surface area contributed by atoms with E-state index in [2.05, 4.69) is 15.0 Å². The molecule has 94 valence electrons. The number of para-hydroxylation sites is 2. The fraction of sp³-hybridized carbons (Fsp3) is 0.0833. The topological polar surface area (TPSA) is 34.1 Å². The zero-order chi connectivity index (χ0) is 13.0. The van der Waals surface area contributed by atoms with E-state index >= 15 is 0 Å². The average molecular weight is 254 g/mol. The summed E-state index contributed by atoms with van der Waals surface area (Å²) in [4.78, 5) is 3.57. The van der Waals surface area contributed by atoms with Crippen LogP contribution in [0.25, 0.3) is 0 Å². The zero-order valence-electron chi connectivity index (χ0n) is 9.11. The molecule has 0 aliphatic heterocycles. The number of pyridine rings is 1. The van der Waals surface area contributed by atoms with Gasteiger partial charge in [0.2, 0.25) is 5.95 Å². The Morgan fingerprint density at radius 3 is 2.56 bits per heavy atom. The smallest absolute Gasteiger partial charge is 0.387 e. The van der Waals surface area contributed by atoms with Crippen LogP contribution in [0.15, 0.2) is 42.5 Å². The van der Waals surface area contributed by atoms with Gasteiger partial charge in [0.1, 0.15) is 11.6 Å². The predicted octanol–water partition coefficient (Wildman–Crippen LogP) is 3.57. The van der Waals surface area contributed by atoms with Gasteiger partial charge in [-0.25, -0.2) is 4.98 Å². The maximum absolute atomic E-state index is 12.9. The van der Waals surface area contributed by atoms with Crippen LogP contribution in [0.5, 0.6) is 5.75 Å². The van der Waals surface area contributed by atoms with Crippen molar-refractivity contribution in [2.75, 3.05) is 5.32 Å². The van der Waals surface area contributed by atoms with E-state index in [1.54, 1.807) is 12.1 Å². The number of nitrogens with zero attached hydrogens (tertiary/aromatic N) is 1. The molecule has 0 spiro atoms. The van der Waals surface area contributed by atoms with Crippen LogP contribution in [0, 0.1) is 5.95 Å². The molecule has 1 heterocycles. The molecule has 0 aliphatic carbocycles. The van der Waals surface area contributed by atoms with Gasteiger partial charge in [0.25, 0.3) is 0 Å². The normalized spacial score (nSPS) is 10.4. The van der Waals surface area contributed by atoms with Crippen molar-refractivity contribution >= 4 is 11.5 Å². The number of benzene rings is 1. The van der Waals surface area contributed by atoms with E-state index < -0.39 is 12.6 Å². The number of anilines is 2. The lowest BCUT2D eigenvalue weighted by molar-refractivity contribution is -0.0493. The minimum Gasteiger partial charge on any atom is -0.433 e. The molecule has 0 amide bonds. The van der Waals surface area contributed by atoms with E-state index in [0.717, 1.165) is 0 Å². The molecule has 2 rings (SSSR count). The number of aromatic nitrogens is 1. The Kier molecular flexibility index (Phi) is 3.66. The zero-order valence-corrected chi connectivity index (χ0v) is 9.11. The highest BCUT2D eigenvalue weighted by Crippen LogP contribution is 2.27. The van der Waals surface area contributed by atoms with Gasteiger partial charge in [-0.15, -0.1) is 0 Å². The van der Waals surface area contributed by atoms with E-state index in [1.807, 2.05) is 0 Å². The maximum atomic E-state index is 12.9. The van der Waals surface area contributed by atoms with E-state index in [9.17, 15) is 13.2 Å². The lowest BCUT2D eigenvalue weighted by Gasteiger charge is -2.11. The standard InChI is InChI=1S/C12H9F3N2O/c13-10-6-3-7-11(17-10)16-8-4-1-2-5-9(8)18-12(14)15/h1-7,12H,(H,16,17). The second kappa shape index (κ2) is 5.39. The van der Waals surface area contributed by atoms with Crippen LogP contribution >= 0.6 is 0 Å². The van der Waals surface area contributed by atoms with Gasteiger partial charge in [0.05, 0.1) is 5.69 Å². The number of hydrogen-bond acceptors (Lipinski definition) is 3. The predicted molar refractivity (Wildman–Crippen MR) is 60.6 cm³/mol. The highest BCUT2D eigenvalue weighted by atomic mass is 19.3. The molecule has 0 unspecified atom stereocenters. The van der Waals surface area contributed by atoms with Crippen LogP contribution < -0.4 is 10.1 Å². The molecular formula is C12H9F3N2O. The molecule has 2 aromatic rings. The van der Waals surface area contributed by atoms with Crippen molar-refractivity contribution in [3.05, 3.63) is 48.4 Å². The van der Waals surface area contributed by atoms with E-state index in [1.165, 1.54) is 30.3 Å². The summed E-state index contributed by atoms with van der Waals surface area (Å²) in [6.45, 7) is -2.92. The average Bonchev–Trinajstić information content (AvgIpc) is 2.31. The second-order valence-electron chi connectivity index (χ2n) is 3.35. The minimum absolute atomic E-state index is 0.0291. The van der Waals surface area contributed by atoms with Crippen LogP contribution in [-0.2, 0) is 0 Å². The fourth-order valence-electron chi connectivity index (χ4n) is 1.38. The van der Waals surface area contributed by atoms with Crippen molar-refractivity contribution in [3.8, 4) is 5.75 Å². The summed E-state index contributed by atoms with van der Waals surface area (Å²) in [5, 5.41) is 2.71. The van der Waals surface area contributed by atoms with Crippen molar-refractivity contribution in [1.29, 1.82) is 0 Å². The summed E-state index contributed by atoms with van der Waals surface area (Å²) in [7, 11) is 0. The third-order valence-corrected chi connectivity index (χ3v) is 2.08. The quantitative estimate of drug-likeness (QED) is 0.847. The molecule has 0 bridgehead atoms. The molecule has 1 aromatic heterocycles. The Balaban J connectivity index is 2.23. The maximum Gasteiger partial charge on any atom is 0.387 e. The number of ether oxygens (including phenoxy) is 1. The van der Waals surface area contributed by atoms with Crippen LogP contribution in [0.3, 0.4) is 0 Å². The van der Waals surface area contributed by atoms with Crippen LogP contribution in [0.1, 0.15) is 0 Å². The monoisotopic (exact) mass is 254 g/mol. The molecule has 0 radical (unpaired) electrons. The second-order valence-corrected chi connectivity index (χ2v) is 3.35. The Bertz CT molecular complexity index is 534. The van der Waals surface area contributed by atoms with E-state index in [-0.39, 0.29) is 17.3 Å². The SMILES string of the molecule is Fc1cccc(Nc2ccccc2OC(F)F)n1. The molecule has 1 aromatic carbocycles. The molecule has 0 atom stereocenters. The summed E-state index contributed by atoms with van der Waals surface area (Å²) in [6.07, 6.45) is 0. The highest BCUT2D eigenvalue weighted by molar-refractivity contribution is 5.63. The fourth-order valence-corrected chi connectivity index (χ4v) is 1.38. The Morgan fingerprint density at radius 1 is 1.06 bits per heavy atom. The number of rotatable bonds is 4. The van der Waals surface area contributed by atoms with Gasteiger partial charge >= 0.3 is 6.61 Å². The lowest BCUT2D eigenvalue weighted by Crippen LogP contribution is -2.04. The first-order chi connectivity index (χ1) is 8.65. The molecule has 3 nitrogen and oxygen atoms in total. The van der Waals surface area contributed by atoms with Crippen molar-refractivity contribution in [3.63, 3.8) is 0 Å². The van der Waals surface area contributed by atoms with Crippen molar-refractivity contribution in [1.82, 2.24) is 4.98 Å². The van der Waals surface area contributed by atoms with Gasteiger partial charge < -0.3 is 10.1 Å². The van der Waals surface area contributed by atoms with Gasteiger partial charge in [0.15, 0.2) is 0 Å². The third-order valence-electron chi connectivity index (χ3n) is 2.08. The highest BCUT2D eigenvalue weighted by Gasteiger charge is 2.09. The molecule has 0 saturated heterocycles. The van der Waals surface area contributed by atoms with Crippen LogP contribution in [0.4, 0.5) is 24.7 Å². The minimum atomic E-state index is -2.92. The van der Waals surface area contributed by atoms with Crippen LogP contribution in [0.2, 0.25) is 0 Å². The van der Waals surface area contributed by atoms with Gasteiger partial charge in [0, 0.05) is 0 Å². The first-order valence-corrected chi connectivity index (χ1v) is 5.08. The van der Waals surface area contributed by atoms with Gasteiger partial charge in [-0.05, 0) is 24.3 Å². The Morgan fingerprint density at radius 2 is 1.83 bits per heavy atom. The summed E-state index contributed by atoms with van der Waals surface area (Å²) in [5.41, 5.74) is 0.288. The number of nitrogens with one attached hydrogen (secondary N) is 1. The largest absolute Gasteiger partial charge is 0.433 e. The van der Waals surface area contributed by atoms with E-state index in [0.29, 0.717) is 0 Å². The molecule has 0 saturated carbocycles. The first kappa shape index (κ1) is 12.2. The van der Waals surface area contributed by atoms with Crippen LogP contribution in [-0.4, -0.2) is 11.6 Å². The molecule has 0 fully saturated rings.